The van der Waals surface area contributed by atoms with Gasteiger partial charge in [0.25, 0.3) is 0 Å². The molecule has 0 bridgehead atoms. The number of ether oxygens (including phenoxy) is 1. The van der Waals surface area contributed by atoms with E-state index < -0.39 is 11.9 Å². The molecule has 2 rings (SSSR count). The van der Waals surface area contributed by atoms with Gasteiger partial charge in [0.15, 0.2) is 16.7 Å². The molecule has 106 valence electrons. The molecule has 1 aromatic carbocycles. The topological polar surface area (TPSA) is 42.8 Å². The second-order valence-electron chi connectivity index (χ2n) is 4.12. The van der Waals surface area contributed by atoms with Crippen LogP contribution in [-0.2, 0) is 6.54 Å². The number of aromatic amines is 1. The Kier molecular flexibility index (Phi) is 4.57. The molecule has 0 aliphatic heterocycles. The second-order valence-corrected chi connectivity index (χ2v) is 4.91. The Hall–Kier alpha value is -1.66. The van der Waals surface area contributed by atoms with Crippen LogP contribution < -0.4 is 4.74 Å². The standard InChI is InChI=1S/C13H13ClFN3OS/c1-3-6-18-12(16-17-13(18)20)8(2)19-11-5-4-9(15)7-10(11)14/h3-5,7-8H,1,6H2,2H3,(H,17,20). The van der Waals surface area contributed by atoms with Crippen LogP contribution in [0.15, 0.2) is 30.9 Å². The van der Waals surface area contributed by atoms with Gasteiger partial charge in [-0.1, -0.05) is 17.7 Å². The van der Waals surface area contributed by atoms with E-state index in [0.29, 0.717) is 22.9 Å². The summed E-state index contributed by atoms with van der Waals surface area (Å²) < 4.78 is 20.9. The number of halogens is 2. The Balaban J connectivity index is 2.26. The number of nitrogens with one attached hydrogen (secondary N) is 1. The fraction of sp³-hybridized carbons (Fsp3) is 0.231. The van der Waals surface area contributed by atoms with E-state index in [-0.39, 0.29) is 5.02 Å². The van der Waals surface area contributed by atoms with Gasteiger partial charge in [0.05, 0.1) is 5.02 Å². The van der Waals surface area contributed by atoms with Crippen LogP contribution in [0.25, 0.3) is 0 Å². The summed E-state index contributed by atoms with van der Waals surface area (Å²) in [4.78, 5) is 0. The smallest absolute Gasteiger partial charge is 0.195 e. The van der Waals surface area contributed by atoms with Crippen LogP contribution in [0, 0.1) is 10.6 Å². The summed E-state index contributed by atoms with van der Waals surface area (Å²) in [5.41, 5.74) is 0. The predicted octanol–water partition coefficient (Wildman–Crippen LogP) is 4.06. The monoisotopic (exact) mass is 313 g/mol. The number of hydrogen-bond acceptors (Lipinski definition) is 3. The zero-order chi connectivity index (χ0) is 14.7. The molecular weight excluding hydrogens is 301 g/mol. The van der Waals surface area contributed by atoms with Crippen molar-refractivity contribution in [1.82, 2.24) is 14.8 Å². The average molecular weight is 314 g/mol. The van der Waals surface area contributed by atoms with Crippen LogP contribution in [-0.4, -0.2) is 14.8 Å². The van der Waals surface area contributed by atoms with Gasteiger partial charge in [-0.05, 0) is 37.3 Å². The highest BCUT2D eigenvalue weighted by Gasteiger charge is 2.16. The molecule has 0 saturated heterocycles. The van der Waals surface area contributed by atoms with E-state index >= 15 is 0 Å². The first kappa shape index (κ1) is 14.7. The van der Waals surface area contributed by atoms with E-state index in [1.807, 2.05) is 6.92 Å². The molecule has 1 heterocycles. The molecule has 1 unspecified atom stereocenters. The van der Waals surface area contributed by atoms with Crippen LogP contribution in [0.5, 0.6) is 5.75 Å². The molecule has 1 atom stereocenters. The molecule has 0 fully saturated rings. The van der Waals surface area contributed by atoms with Crippen LogP contribution >= 0.6 is 23.8 Å². The number of H-pyrrole nitrogens is 1. The number of allylic oxidation sites excluding steroid dienone is 1. The van der Waals surface area contributed by atoms with Crippen LogP contribution in [0.3, 0.4) is 0 Å². The Morgan fingerprint density at radius 3 is 3.05 bits per heavy atom. The number of benzene rings is 1. The molecule has 0 amide bonds. The highest BCUT2D eigenvalue weighted by Crippen LogP contribution is 2.29. The number of rotatable bonds is 5. The fourth-order valence-electron chi connectivity index (χ4n) is 1.76. The van der Waals surface area contributed by atoms with Gasteiger partial charge in [-0.15, -0.1) is 6.58 Å². The summed E-state index contributed by atoms with van der Waals surface area (Å²) in [6.45, 7) is 6.01. The van der Waals surface area contributed by atoms with Gasteiger partial charge in [-0.25, -0.2) is 4.39 Å². The van der Waals surface area contributed by atoms with E-state index in [1.165, 1.54) is 18.2 Å². The summed E-state index contributed by atoms with van der Waals surface area (Å²) >= 11 is 11.1. The van der Waals surface area contributed by atoms with E-state index in [4.69, 9.17) is 28.6 Å². The van der Waals surface area contributed by atoms with Crippen molar-refractivity contribution in [2.75, 3.05) is 0 Å². The highest BCUT2D eigenvalue weighted by molar-refractivity contribution is 7.71. The lowest BCUT2D eigenvalue weighted by molar-refractivity contribution is 0.211. The number of hydrogen-bond donors (Lipinski definition) is 1. The SMILES string of the molecule is C=CCn1c(C(C)Oc2ccc(F)cc2Cl)n[nH]c1=S. The molecule has 4 nitrogen and oxygen atoms in total. The van der Waals surface area contributed by atoms with Crippen molar-refractivity contribution in [3.8, 4) is 5.75 Å². The summed E-state index contributed by atoms with van der Waals surface area (Å²) in [6.07, 6.45) is 1.32. The van der Waals surface area contributed by atoms with Crippen molar-refractivity contribution in [2.24, 2.45) is 0 Å². The second kappa shape index (κ2) is 6.19. The van der Waals surface area contributed by atoms with Crippen molar-refractivity contribution in [1.29, 1.82) is 0 Å². The third kappa shape index (κ3) is 3.08. The van der Waals surface area contributed by atoms with Crippen molar-refractivity contribution in [2.45, 2.75) is 19.6 Å². The maximum atomic E-state index is 13.0. The van der Waals surface area contributed by atoms with Crippen molar-refractivity contribution in [3.63, 3.8) is 0 Å². The normalized spacial score (nSPS) is 12.2. The summed E-state index contributed by atoms with van der Waals surface area (Å²) in [5, 5.41) is 7.05. The summed E-state index contributed by atoms with van der Waals surface area (Å²) in [6, 6.07) is 3.96. The summed E-state index contributed by atoms with van der Waals surface area (Å²) in [5.74, 6) is 0.597. The molecule has 7 heteroatoms. The lowest BCUT2D eigenvalue weighted by atomic mass is 10.3. The largest absolute Gasteiger partial charge is 0.481 e. The van der Waals surface area contributed by atoms with E-state index in [9.17, 15) is 4.39 Å². The molecular formula is C13H13ClFN3OS. The minimum absolute atomic E-state index is 0.209. The van der Waals surface area contributed by atoms with Crippen molar-refractivity contribution in [3.05, 3.63) is 52.3 Å². The lowest BCUT2D eigenvalue weighted by Gasteiger charge is -2.15. The molecule has 2 aromatic rings. The Morgan fingerprint density at radius 1 is 1.65 bits per heavy atom. The molecule has 0 aliphatic rings. The van der Waals surface area contributed by atoms with Crippen molar-refractivity contribution < 1.29 is 9.13 Å². The van der Waals surface area contributed by atoms with Gasteiger partial charge in [-0.3, -0.25) is 9.67 Å². The van der Waals surface area contributed by atoms with Gasteiger partial charge in [0.1, 0.15) is 11.6 Å². The number of nitrogens with zero attached hydrogens (tertiary/aromatic N) is 2. The third-order valence-corrected chi connectivity index (χ3v) is 3.27. The maximum absolute atomic E-state index is 13.0. The highest BCUT2D eigenvalue weighted by atomic mass is 35.5. The lowest BCUT2D eigenvalue weighted by Crippen LogP contribution is -2.12. The van der Waals surface area contributed by atoms with E-state index in [2.05, 4.69) is 16.8 Å². The minimum Gasteiger partial charge on any atom is -0.481 e. The van der Waals surface area contributed by atoms with Crippen LogP contribution in [0.2, 0.25) is 5.02 Å². The average Bonchev–Trinajstić information content (AvgIpc) is 2.75. The number of aromatic nitrogens is 3. The molecule has 0 aliphatic carbocycles. The first-order chi connectivity index (χ1) is 9.52. The van der Waals surface area contributed by atoms with Gasteiger partial charge in [-0.2, -0.15) is 5.10 Å². The minimum atomic E-state index is -0.413. The van der Waals surface area contributed by atoms with E-state index in [0.717, 1.165) is 0 Å². The van der Waals surface area contributed by atoms with Gasteiger partial charge in [0.2, 0.25) is 0 Å². The zero-order valence-corrected chi connectivity index (χ0v) is 12.3. The first-order valence-corrected chi connectivity index (χ1v) is 6.69. The fourth-order valence-corrected chi connectivity index (χ4v) is 2.19. The third-order valence-electron chi connectivity index (χ3n) is 2.66. The molecule has 1 aromatic heterocycles. The quantitative estimate of drug-likeness (QED) is 0.668. The maximum Gasteiger partial charge on any atom is 0.195 e. The van der Waals surface area contributed by atoms with E-state index in [1.54, 1.807) is 10.6 Å². The molecule has 20 heavy (non-hydrogen) atoms. The van der Waals surface area contributed by atoms with Crippen molar-refractivity contribution >= 4 is 23.8 Å². The first-order valence-electron chi connectivity index (χ1n) is 5.90. The van der Waals surface area contributed by atoms with Crippen LogP contribution in [0.4, 0.5) is 4.39 Å². The molecule has 0 saturated carbocycles. The zero-order valence-electron chi connectivity index (χ0n) is 10.8. The van der Waals surface area contributed by atoms with Gasteiger partial charge in [0, 0.05) is 6.54 Å². The Labute approximate surface area is 125 Å². The molecule has 0 radical (unpaired) electrons. The van der Waals surface area contributed by atoms with Crippen LogP contribution in [0.1, 0.15) is 18.9 Å². The molecule has 0 spiro atoms. The Bertz CT molecular complexity index is 682. The van der Waals surface area contributed by atoms with Gasteiger partial charge < -0.3 is 4.74 Å². The molecule has 1 N–H and O–H groups in total. The predicted molar refractivity (Wildman–Crippen MR) is 78.1 cm³/mol. The van der Waals surface area contributed by atoms with Gasteiger partial charge >= 0.3 is 0 Å². The Morgan fingerprint density at radius 2 is 2.40 bits per heavy atom. The summed E-state index contributed by atoms with van der Waals surface area (Å²) in [7, 11) is 0.